The summed E-state index contributed by atoms with van der Waals surface area (Å²) in [6.07, 6.45) is 4.41. The van der Waals surface area contributed by atoms with Crippen molar-refractivity contribution in [3.63, 3.8) is 0 Å². The van der Waals surface area contributed by atoms with Crippen molar-refractivity contribution in [2.75, 3.05) is 4.90 Å². The van der Waals surface area contributed by atoms with Gasteiger partial charge < -0.3 is 5.11 Å². The van der Waals surface area contributed by atoms with Crippen molar-refractivity contribution < 1.29 is 14.7 Å². The van der Waals surface area contributed by atoms with Crippen LogP contribution in [0.1, 0.15) is 44.4 Å². The molecular weight excluding hydrogens is 340 g/mol. The monoisotopic (exact) mass is 364 g/mol. The molecule has 140 valence electrons. The maximum atomic E-state index is 12.9. The summed E-state index contributed by atoms with van der Waals surface area (Å²) in [7, 11) is 0. The summed E-state index contributed by atoms with van der Waals surface area (Å²) in [6, 6.07) is 10.5. The Balaban J connectivity index is 2.10. The van der Waals surface area contributed by atoms with Crippen LogP contribution in [0.2, 0.25) is 0 Å². The van der Waals surface area contributed by atoms with Crippen LogP contribution in [-0.4, -0.2) is 21.8 Å². The van der Waals surface area contributed by atoms with E-state index in [1.165, 1.54) is 4.90 Å². The molecule has 3 rings (SSSR count). The van der Waals surface area contributed by atoms with Gasteiger partial charge in [0.05, 0.1) is 11.6 Å². The molecule has 0 aliphatic carbocycles. The summed E-state index contributed by atoms with van der Waals surface area (Å²) in [5.74, 6) is -1.08. The number of benzene rings is 1. The lowest BCUT2D eigenvalue weighted by Crippen LogP contribution is -2.31. The summed E-state index contributed by atoms with van der Waals surface area (Å²) in [5, 5.41) is 10.6. The quantitative estimate of drug-likeness (QED) is 0.835. The molecule has 1 aliphatic heterocycles. The molecule has 0 radical (unpaired) electrons. The number of nitrogens with zero attached hydrogens (tertiary/aromatic N) is 2. The van der Waals surface area contributed by atoms with E-state index in [-0.39, 0.29) is 23.7 Å². The topological polar surface area (TPSA) is 70.5 Å². The Morgan fingerprint density at radius 2 is 1.78 bits per heavy atom. The third kappa shape index (κ3) is 3.63. The van der Waals surface area contributed by atoms with Gasteiger partial charge in [0.1, 0.15) is 0 Å². The average Bonchev–Trinajstić information content (AvgIpc) is 2.93. The number of ketones is 1. The van der Waals surface area contributed by atoms with Crippen LogP contribution in [0.25, 0.3) is 0 Å². The standard InChI is InChI=1S/C22H24N2O3/c1-4-15-5-7-17(8-6-15)24-20(16-9-11-23-12-10-16)19(21(26)22(24)27)18(25)13-14(2)3/h5-12,14,20,26H,4,13H2,1-3H3. The van der Waals surface area contributed by atoms with Gasteiger partial charge >= 0.3 is 0 Å². The van der Waals surface area contributed by atoms with Gasteiger partial charge in [0, 0.05) is 24.5 Å². The number of aliphatic hydroxyl groups excluding tert-OH is 1. The number of carbonyl (C=O) groups excluding carboxylic acids is 2. The van der Waals surface area contributed by atoms with Crippen LogP contribution in [0.3, 0.4) is 0 Å². The number of hydrogen-bond donors (Lipinski definition) is 1. The van der Waals surface area contributed by atoms with Crippen molar-refractivity contribution in [1.29, 1.82) is 0 Å². The van der Waals surface area contributed by atoms with Gasteiger partial charge in [0.25, 0.3) is 5.91 Å². The summed E-state index contributed by atoms with van der Waals surface area (Å²) >= 11 is 0. The van der Waals surface area contributed by atoms with E-state index in [1.54, 1.807) is 24.5 Å². The largest absolute Gasteiger partial charge is 0.503 e. The second kappa shape index (κ2) is 7.74. The maximum absolute atomic E-state index is 12.9. The van der Waals surface area contributed by atoms with E-state index in [0.29, 0.717) is 5.69 Å². The van der Waals surface area contributed by atoms with E-state index in [9.17, 15) is 14.7 Å². The van der Waals surface area contributed by atoms with Crippen LogP contribution in [-0.2, 0) is 16.0 Å². The number of Topliss-reactive ketones (excluding diaryl/α,β-unsaturated/α-hetero) is 1. The number of carbonyl (C=O) groups is 2. The predicted octanol–water partition coefficient (Wildman–Crippen LogP) is 4.16. The zero-order valence-electron chi connectivity index (χ0n) is 15.8. The van der Waals surface area contributed by atoms with Crippen LogP contribution < -0.4 is 4.90 Å². The number of aliphatic hydroxyl groups is 1. The number of anilines is 1. The Labute approximate surface area is 159 Å². The molecule has 1 N–H and O–H groups in total. The van der Waals surface area contributed by atoms with Crippen LogP contribution in [0, 0.1) is 5.92 Å². The third-order valence-corrected chi connectivity index (χ3v) is 4.75. The van der Waals surface area contributed by atoms with Crippen molar-refractivity contribution >= 4 is 17.4 Å². The Bertz CT molecular complexity index is 870. The SMILES string of the molecule is CCc1ccc(N2C(=O)C(O)=C(C(=O)CC(C)C)C2c2ccncc2)cc1. The van der Waals surface area contributed by atoms with Gasteiger partial charge in [-0.2, -0.15) is 0 Å². The third-order valence-electron chi connectivity index (χ3n) is 4.75. The number of pyridine rings is 1. The minimum Gasteiger partial charge on any atom is -0.503 e. The molecule has 0 spiro atoms. The van der Waals surface area contributed by atoms with Gasteiger partial charge in [-0.3, -0.25) is 19.5 Å². The second-order valence-electron chi connectivity index (χ2n) is 7.16. The van der Waals surface area contributed by atoms with Crippen LogP contribution >= 0.6 is 0 Å². The first kappa shape index (κ1) is 18.8. The summed E-state index contributed by atoms with van der Waals surface area (Å²) < 4.78 is 0. The molecule has 5 heteroatoms. The molecule has 1 aromatic heterocycles. The van der Waals surface area contributed by atoms with Crippen molar-refractivity contribution in [2.24, 2.45) is 5.92 Å². The normalized spacial score (nSPS) is 17.1. The molecule has 1 aliphatic rings. The van der Waals surface area contributed by atoms with Crippen molar-refractivity contribution in [3.8, 4) is 0 Å². The number of amides is 1. The molecule has 1 atom stereocenters. The van der Waals surface area contributed by atoms with Crippen molar-refractivity contribution in [1.82, 2.24) is 4.98 Å². The van der Waals surface area contributed by atoms with Gasteiger partial charge in [-0.05, 0) is 47.7 Å². The molecule has 1 aromatic carbocycles. The molecule has 1 amide bonds. The molecule has 0 bridgehead atoms. The lowest BCUT2D eigenvalue weighted by Gasteiger charge is -2.27. The Kier molecular flexibility index (Phi) is 5.40. The maximum Gasteiger partial charge on any atom is 0.294 e. The summed E-state index contributed by atoms with van der Waals surface area (Å²) in [5.41, 5.74) is 2.71. The average molecular weight is 364 g/mol. The Morgan fingerprint density at radius 3 is 2.33 bits per heavy atom. The lowest BCUT2D eigenvalue weighted by molar-refractivity contribution is -0.118. The van der Waals surface area contributed by atoms with Gasteiger partial charge in [-0.25, -0.2) is 0 Å². The Morgan fingerprint density at radius 1 is 1.15 bits per heavy atom. The van der Waals surface area contributed by atoms with Crippen LogP contribution in [0.4, 0.5) is 5.69 Å². The molecule has 0 fully saturated rings. The highest BCUT2D eigenvalue weighted by Gasteiger charge is 2.44. The molecule has 1 unspecified atom stereocenters. The highest BCUT2D eigenvalue weighted by molar-refractivity contribution is 6.16. The van der Waals surface area contributed by atoms with Gasteiger partial charge in [-0.15, -0.1) is 0 Å². The first-order chi connectivity index (χ1) is 12.9. The molecule has 2 heterocycles. The zero-order valence-corrected chi connectivity index (χ0v) is 15.8. The first-order valence-electron chi connectivity index (χ1n) is 9.22. The minimum atomic E-state index is -0.653. The fourth-order valence-corrected chi connectivity index (χ4v) is 3.39. The highest BCUT2D eigenvalue weighted by atomic mass is 16.3. The van der Waals surface area contributed by atoms with E-state index in [4.69, 9.17) is 0 Å². The van der Waals surface area contributed by atoms with Crippen molar-refractivity contribution in [3.05, 3.63) is 71.3 Å². The van der Waals surface area contributed by atoms with Crippen molar-refractivity contribution in [2.45, 2.75) is 39.7 Å². The van der Waals surface area contributed by atoms with E-state index in [0.717, 1.165) is 17.5 Å². The van der Waals surface area contributed by atoms with E-state index >= 15 is 0 Å². The summed E-state index contributed by atoms with van der Waals surface area (Å²) in [6.45, 7) is 5.94. The predicted molar refractivity (Wildman–Crippen MR) is 104 cm³/mol. The van der Waals surface area contributed by atoms with Gasteiger partial charge in [0.2, 0.25) is 0 Å². The summed E-state index contributed by atoms with van der Waals surface area (Å²) in [4.78, 5) is 31.3. The van der Waals surface area contributed by atoms with Gasteiger partial charge in [-0.1, -0.05) is 32.9 Å². The Hall–Kier alpha value is -2.95. The minimum absolute atomic E-state index is 0.129. The van der Waals surface area contributed by atoms with E-state index in [2.05, 4.69) is 11.9 Å². The lowest BCUT2D eigenvalue weighted by atomic mass is 9.92. The fraction of sp³-hybridized carbons (Fsp3) is 0.318. The smallest absolute Gasteiger partial charge is 0.294 e. The first-order valence-corrected chi connectivity index (χ1v) is 9.22. The number of hydrogen-bond acceptors (Lipinski definition) is 4. The number of rotatable bonds is 6. The van der Waals surface area contributed by atoms with Gasteiger partial charge in [0.15, 0.2) is 11.5 Å². The molecule has 0 saturated heterocycles. The van der Waals surface area contributed by atoms with E-state index in [1.807, 2.05) is 38.1 Å². The number of aryl methyl sites for hydroxylation is 1. The van der Waals surface area contributed by atoms with Crippen LogP contribution in [0.5, 0.6) is 0 Å². The molecule has 2 aromatic rings. The molecule has 0 saturated carbocycles. The molecular formula is C22H24N2O3. The highest BCUT2D eigenvalue weighted by Crippen LogP contribution is 2.41. The van der Waals surface area contributed by atoms with Crippen LogP contribution in [0.15, 0.2) is 60.1 Å². The zero-order chi connectivity index (χ0) is 19.6. The van der Waals surface area contributed by atoms with E-state index < -0.39 is 17.7 Å². The molecule has 5 nitrogen and oxygen atoms in total. The fourth-order valence-electron chi connectivity index (χ4n) is 3.39. The number of aromatic nitrogens is 1. The molecule has 27 heavy (non-hydrogen) atoms. The second-order valence-corrected chi connectivity index (χ2v) is 7.16.